The van der Waals surface area contributed by atoms with Crippen molar-refractivity contribution in [3.8, 4) is 5.75 Å². The third-order valence-electron chi connectivity index (χ3n) is 6.22. The number of amides is 2. The Morgan fingerprint density at radius 2 is 1.78 bits per heavy atom. The molecule has 0 saturated heterocycles. The molecule has 0 fully saturated rings. The van der Waals surface area contributed by atoms with Crippen LogP contribution < -0.4 is 10.1 Å². The minimum atomic E-state index is -0.610. The Hall–Kier alpha value is -3.62. The summed E-state index contributed by atoms with van der Waals surface area (Å²) in [6.07, 6.45) is 0.669. The van der Waals surface area contributed by atoms with Gasteiger partial charge in [0.1, 0.15) is 11.0 Å². The van der Waals surface area contributed by atoms with Crippen LogP contribution in [0.1, 0.15) is 35.6 Å². The number of methoxy groups -OCH3 is 1. The van der Waals surface area contributed by atoms with Gasteiger partial charge in [-0.1, -0.05) is 53.2 Å². The van der Waals surface area contributed by atoms with E-state index in [1.165, 1.54) is 17.3 Å². The second kappa shape index (κ2) is 10.8. The van der Waals surface area contributed by atoms with E-state index < -0.39 is 5.25 Å². The molecule has 0 unspecified atom stereocenters. The summed E-state index contributed by atoms with van der Waals surface area (Å²) in [6.45, 7) is 2.05. The van der Waals surface area contributed by atoms with Crippen LogP contribution in [0.25, 0.3) is 0 Å². The van der Waals surface area contributed by atoms with Crippen LogP contribution in [0, 0.1) is 6.92 Å². The van der Waals surface area contributed by atoms with Gasteiger partial charge in [-0.15, -0.1) is 0 Å². The van der Waals surface area contributed by atoms with Gasteiger partial charge in [0, 0.05) is 23.6 Å². The zero-order valence-corrected chi connectivity index (χ0v) is 21.9. The SMILES string of the molecule is COc1ccc(C2=NN(C3=NC(=O)[C@H](CC(=O)Nc4ccc(Cl)cc4)S3)[C@H](c3ccc(C)cc3)C2)cc1. The Morgan fingerprint density at radius 1 is 1.08 bits per heavy atom. The van der Waals surface area contributed by atoms with E-state index in [2.05, 4.69) is 34.6 Å². The minimum absolute atomic E-state index is 0.0111. The van der Waals surface area contributed by atoms with Gasteiger partial charge in [-0.2, -0.15) is 10.1 Å². The fraction of sp³-hybridized carbons (Fsp3) is 0.214. The molecule has 37 heavy (non-hydrogen) atoms. The van der Waals surface area contributed by atoms with Crippen LogP contribution in [0.4, 0.5) is 5.69 Å². The molecule has 3 aromatic rings. The highest BCUT2D eigenvalue weighted by Gasteiger charge is 2.39. The lowest BCUT2D eigenvalue weighted by Gasteiger charge is -2.23. The number of benzene rings is 3. The molecule has 0 aromatic heterocycles. The van der Waals surface area contributed by atoms with Gasteiger partial charge in [0.2, 0.25) is 5.91 Å². The van der Waals surface area contributed by atoms with Crippen molar-refractivity contribution < 1.29 is 14.3 Å². The Kier molecular flexibility index (Phi) is 7.30. The molecule has 5 rings (SSSR count). The average molecular weight is 533 g/mol. The summed E-state index contributed by atoms with van der Waals surface area (Å²) < 4.78 is 5.29. The van der Waals surface area contributed by atoms with Gasteiger partial charge >= 0.3 is 0 Å². The van der Waals surface area contributed by atoms with Crippen LogP contribution in [-0.2, 0) is 9.59 Å². The second-order valence-corrected chi connectivity index (χ2v) is 10.5. The lowest BCUT2D eigenvalue weighted by Crippen LogP contribution is -2.25. The molecule has 0 radical (unpaired) electrons. The zero-order valence-electron chi connectivity index (χ0n) is 20.3. The molecule has 1 N–H and O–H groups in total. The predicted molar refractivity (Wildman–Crippen MR) is 148 cm³/mol. The van der Waals surface area contributed by atoms with Crippen molar-refractivity contribution in [1.82, 2.24) is 5.01 Å². The number of thioether (sulfide) groups is 1. The number of aliphatic imine (C=N–C) groups is 1. The third kappa shape index (κ3) is 5.70. The Labute approximate surface area is 224 Å². The van der Waals surface area contributed by atoms with E-state index in [1.54, 1.807) is 31.4 Å². The van der Waals surface area contributed by atoms with Crippen molar-refractivity contribution in [2.45, 2.75) is 31.1 Å². The van der Waals surface area contributed by atoms with E-state index in [0.29, 0.717) is 22.3 Å². The molecule has 0 spiro atoms. The van der Waals surface area contributed by atoms with E-state index in [4.69, 9.17) is 21.4 Å². The molecule has 7 nitrogen and oxygen atoms in total. The number of rotatable bonds is 6. The highest BCUT2D eigenvalue weighted by atomic mass is 35.5. The van der Waals surface area contributed by atoms with Crippen molar-refractivity contribution in [1.29, 1.82) is 0 Å². The maximum Gasteiger partial charge on any atom is 0.262 e. The number of hydrazone groups is 1. The normalized spacial score (nSPS) is 19.0. The lowest BCUT2D eigenvalue weighted by molar-refractivity contribution is -0.121. The Balaban J connectivity index is 1.35. The Morgan fingerprint density at radius 3 is 2.46 bits per heavy atom. The van der Waals surface area contributed by atoms with Gasteiger partial charge in [-0.05, 0) is 66.6 Å². The number of anilines is 1. The summed E-state index contributed by atoms with van der Waals surface area (Å²) in [5.41, 5.74) is 4.75. The standard InChI is InChI=1S/C28H25ClN4O3S/c1-17-3-5-19(6-4-17)24-15-23(18-7-13-22(36-2)14-8-18)32-33(24)28-31-27(35)25(37-28)16-26(34)30-21-11-9-20(29)10-12-21/h3-14,24-25H,15-16H2,1-2H3,(H,30,34)/t24-,25-/m0/s1. The molecule has 2 aliphatic rings. The molecule has 2 atom stereocenters. The smallest absolute Gasteiger partial charge is 0.262 e. The lowest BCUT2D eigenvalue weighted by atomic mass is 9.98. The maximum atomic E-state index is 12.8. The van der Waals surface area contributed by atoms with Gasteiger partial charge in [0.05, 0.1) is 18.9 Å². The summed E-state index contributed by atoms with van der Waals surface area (Å²) in [5, 5.41) is 10.0. The quantitative estimate of drug-likeness (QED) is 0.431. The number of carbonyl (C=O) groups excluding carboxylic acids is 2. The molecular weight excluding hydrogens is 508 g/mol. The molecule has 2 heterocycles. The molecule has 2 amide bonds. The summed E-state index contributed by atoms with van der Waals surface area (Å²) in [7, 11) is 1.63. The van der Waals surface area contributed by atoms with E-state index in [9.17, 15) is 9.59 Å². The first-order chi connectivity index (χ1) is 17.9. The van der Waals surface area contributed by atoms with Crippen molar-refractivity contribution in [3.63, 3.8) is 0 Å². The molecule has 0 aliphatic carbocycles. The van der Waals surface area contributed by atoms with Crippen LogP contribution in [0.15, 0.2) is 82.9 Å². The van der Waals surface area contributed by atoms with Crippen LogP contribution >= 0.6 is 23.4 Å². The molecule has 9 heteroatoms. The molecular formula is C28H25ClN4O3S. The Bertz CT molecular complexity index is 1370. The fourth-order valence-corrected chi connectivity index (χ4v) is 5.40. The van der Waals surface area contributed by atoms with Crippen LogP contribution in [0.5, 0.6) is 5.75 Å². The first-order valence-electron chi connectivity index (χ1n) is 11.8. The van der Waals surface area contributed by atoms with Gasteiger partial charge < -0.3 is 10.1 Å². The van der Waals surface area contributed by atoms with Gasteiger partial charge in [0.15, 0.2) is 5.17 Å². The van der Waals surface area contributed by atoms with Crippen LogP contribution in [0.3, 0.4) is 0 Å². The van der Waals surface area contributed by atoms with E-state index in [-0.39, 0.29) is 24.3 Å². The van der Waals surface area contributed by atoms with Gasteiger partial charge in [-0.3, -0.25) is 9.59 Å². The number of halogens is 1. The van der Waals surface area contributed by atoms with E-state index in [0.717, 1.165) is 22.6 Å². The zero-order chi connectivity index (χ0) is 25.9. The van der Waals surface area contributed by atoms with Crippen molar-refractivity contribution in [2.24, 2.45) is 10.1 Å². The summed E-state index contributed by atoms with van der Waals surface area (Å²) in [6, 6.07) is 22.8. The number of amidine groups is 1. The average Bonchev–Trinajstić information content (AvgIpc) is 3.50. The van der Waals surface area contributed by atoms with Crippen LogP contribution in [-0.4, -0.2) is 40.1 Å². The topological polar surface area (TPSA) is 83.4 Å². The molecule has 2 aliphatic heterocycles. The highest BCUT2D eigenvalue weighted by Crippen LogP contribution is 2.39. The minimum Gasteiger partial charge on any atom is -0.497 e. The van der Waals surface area contributed by atoms with E-state index >= 15 is 0 Å². The highest BCUT2D eigenvalue weighted by molar-refractivity contribution is 8.15. The fourth-order valence-electron chi connectivity index (χ4n) is 4.21. The molecule has 0 saturated carbocycles. The summed E-state index contributed by atoms with van der Waals surface area (Å²) in [4.78, 5) is 29.7. The second-order valence-electron chi connectivity index (χ2n) is 8.85. The van der Waals surface area contributed by atoms with E-state index in [1.807, 2.05) is 36.2 Å². The number of aryl methyl sites for hydroxylation is 1. The van der Waals surface area contributed by atoms with Crippen molar-refractivity contribution >= 4 is 51.7 Å². The monoisotopic (exact) mass is 532 g/mol. The number of carbonyl (C=O) groups is 2. The van der Waals surface area contributed by atoms with Crippen molar-refractivity contribution in [3.05, 3.63) is 94.5 Å². The molecule has 3 aromatic carbocycles. The van der Waals surface area contributed by atoms with Gasteiger partial charge in [0.25, 0.3) is 5.91 Å². The number of hydrogen-bond donors (Lipinski definition) is 1. The van der Waals surface area contributed by atoms with Crippen molar-refractivity contribution in [2.75, 3.05) is 12.4 Å². The maximum absolute atomic E-state index is 12.8. The first-order valence-corrected chi connectivity index (χ1v) is 13.1. The number of hydrogen-bond acceptors (Lipinski definition) is 6. The van der Waals surface area contributed by atoms with Crippen LogP contribution in [0.2, 0.25) is 5.02 Å². The number of nitrogens with one attached hydrogen (secondary N) is 1. The number of nitrogens with zero attached hydrogens (tertiary/aromatic N) is 3. The largest absolute Gasteiger partial charge is 0.497 e. The molecule has 188 valence electrons. The summed E-state index contributed by atoms with van der Waals surface area (Å²) >= 11 is 7.19. The first kappa shape index (κ1) is 25.0. The number of ether oxygens (including phenoxy) is 1. The van der Waals surface area contributed by atoms with Gasteiger partial charge in [-0.25, -0.2) is 5.01 Å². The molecule has 0 bridgehead atoms. The predicted octanol–water partition coefficient (Wildman–Crippen LogP) is 5.83. The summed E-state index contributed by atoms with van der Waals surface area (Å²) in [5.74, 6) is 0.181. The third-order valence-corrected chi connectivity index (χ3v) is 7.61.